The van der Waals surface area contributed by atoms with Crippen LogP contribution in [-0.4, -0.2) is 47.3 Å². The Labute approximate surface area is 173 Å². The number of nitrogens with one attached hydrogen (secondary N) is 3. The molecule has 1 saturated heterocycles. The van der Waals surface area contributed by atoms with Crippen molar-refractivity contribution in [2.75, 3.05) is 26.4 Å². The quantitative estimate of drug-likeness (QED) is 0.607. The summed E-state index contributed by atoms with van der Waals surface area (Å²) in [4.78, 5) is 25.3. The van der Waals surface area contributed by atoms with Crippen molar-refractivity contribution in [3.63, 3.8) is 0 Å². The van der Waals surface area contributed by atoms with Gasteiger partial charge in [0, 0.05) is 36.0 Å². The van der Waals surface area contributed by atoms with E-state index in [1.807, 2.05) is 30.3 Å². The molecular weight excluding hydrogens is 382 g/mol. The van der Waals surface area contributed by atoms with E-state index in [1.54, 1.807) is 6.20 Å². The second-order valence-electron chi connectivity index (χ2n) is 8.05. The maximum atomic E-state index is 12.5. The third kappa shape index (κ3) is 2.68. The zero-order valence-electron chi connectivity index (χ0n) is 16.3. The summed E-state index contributed by atoms with van der Waals surface area (Å²) in [7, 11) is 0. The van der Waals surface area contributed by atoms with E-state index in [2.05, 4.69) is 20.6 Å². The number of nitrogens with zero attached hydrogens (tertiary/aromatic N) is 2. The Kier molecular flexibility index (Phi) is 3.82. The molecule has 1 spiro atoms. The van der Waals surface area contributed by atoms with E-state index in [9.17, 15) is 4.79 Å². The van der Waals surface area contributed by atoms with Crippen LogP contribution in [0, 0.1) is 0 Å². The predicted octanol–water partition coefficient (Wildman–Crippen LogP) is 2.23. The number of benzene rings is 1. The number of carbonyl (C=O) groups excluding carboxylic acids is 1. The van der Waals surface area contributed by atoms with Gasteiger partial charge in [-0.15, -0.1) is 0 Å². The normalized spacial score (nSPS) is 22.1. The lowest BCUT2D eigenvalue weighted by atomic mass is 9.74. The number of aromatic amines is 1. The van der Waals surface area contributed by atoms with Crippen LogP contribution < -0.4 is 20.1 Å². The minimum Gasteiger partial charge on any atom is -0.454 e. The number of ether oxygens (including phenoxy) is 2. The van der Waals surface area contributed by atoms with Crippen LogP contribution >= 0.6 is 0 Å². The fourth-order valence-corrected chi connectivity index (χ4v) is 4.64. The van der Waals surface area contributed by atoms with Gasteiger partial charge in [-0.1, -0.05) is 0 Å². The highest BCUT2D eigenvalue weighted by Gasteiger charge is 2.42. The summed E-state index contributed by atoms with van der Waals surface area (Å²) in [5.74, 6) is 1.98. The van der Waals surface area contributed by atoms with Gasteiger partial charge in [-0.2, -0.15) is 0 Å². The van der Waals surface area contributed by atoms with Gasteiger partial charge in [0.1, 0.15) is 0 Å². The maximum Gasteiger partial charge on any atom is 0.253 e. The van der Waals surface area contributed by atoms with Crippen LogP contribution in [-0.2, 0) is 5.41 Å². The van der Waals surface area contributed by atoms with Gasteiger partial charge in [-0.05, 0) is 49.7 Å². The standard InChI is InChI=1S/C22H21N5O3/c28-21-14-9-16(26-19(14)22(11-25-21)5-1-6-23-10-22)15-4-7-24-20(27-15)13-2-3-17-18(8-13)30-12-29-17/h2-4,7-9,23,26H,1,5-6,10-12H2,(H,25,28)/t22-/m0/s1. The topological polar surface area (TPSA) is 101 Å². The van der Waals surface area contributed by atoms with Gasteiger partial charge in [0.05, 0.1) is 17.0 Å². The summed E-state index contributed by atoms with van der Waals surface area (Å²) in [6, 6.07) is 9.44. The molecule has 1 amide bonds. The van der Waals surface area contributed by atoms with Crippen LogP contribution in [0.2, 0.25) is 0 Å². The molecule has 3 N–H and O–H groups in total. The highest BCUT2D eigenvalue weighted by Crippen LogP contribution is 2.38. The van der Waals surface area contributed by atoms with Crippen molar-refractivity contribution in [3.05, 3.63) is 47.8 Å². The van der Waals surface area contributed by atoms with Crippen molar-refractivity contribution in [1.29, 1.82) is 0 Å². The lowest BCUT2D eigenvalue weighted by molar-refractivity contribution is 0.0915. The first kappa shape index (κ1) is 17.5. The highest BCUT2D eigenvalue weighted by molar-refractivity contribution is 5.98. The predicted molar refractivity (Wildman–Crippen MR) is 109 cm³/mol. The summed E-state index contributed by atoms with van der Waals surface area (Å²) in [6.07, 6.45) is 3.87. The molecule has 0 saturated carbocycles. The van der Waals surface area contributed by atoms with E-state index in [0.717, 1.165) is 54.3 Å². The van der Waals surface area contributed by atoms with E-state index in [1.165, 1.54) is 0 Å². The van der Waals surface area contributed by atoms with Gasteiger partial charge in [-0.25, -0.2) is 9.97 Å². The molecule has 6 rings (SSSR count). The Bertz CT molecular complexity index is 1150. The van der Waals surface area contributed by atoms with E-state index >= 15 is 0 Å². The monoisotopic (exact) mass is 403 g/mol. The minimum atomic E-state index is -0.0904. The highest BCUT2D eigenvalue weighted by atomic mass is 16.7. The smallest absolute Gasteiger partial charge is 0.253 e. The van der Waals surface area contributed by atoms with Crippen LogP contribution in [0.4, 0.5) is 0 Å². The van der Waals surface area contributed by atoms with Gasteiger partial charge in [-0.3, -0.25) is 4.79 Å². The number of piperidine rings is 1. The molecule has 152 valence electrons. The average Bonchev–Trinajstić information content (AvgIpc) is 3.45. The summed E-state index contributed by atoms with van der Waals surface area (Å²) < 4.78 is 10.9. The van der Waals surface area contributed by atoms with E-state index in [4.69, 9.17) is 14.5 Å². The minimum absolute atomic E-state index is 0.0336. The van der Waals surface area contributed by atoms with E-state index in [-0.39, 0.29) is 18.1 Å². The van der Waals surface area contributed by atoms with Crippen molar-refractivity contribution in [2.45, 2.75) is 18.3 Å². The molecule has 0 bridgehead atoms. The van der Waals surface area contributed by atoms with Crippen molar-refractivity contribution in [1.82, 2.24) is 25.6 Å². The number of rotatable bonds is 2. The molecule has 30 heavy (non-hydrogen) atoms. The number of hydrogen-bond donors (Lipinski definition) is 3. The first-order valence-electron chi connectivity index (χ1n) is 10.2. The van der Waals surface area contributed by atoms with Crippen LogP contribution in [0.1, 0.15) is 28.9 Å². The van der Waals surface area contributed by atoms with Gasteiger partial charge < -0.3 is 25.1 Å². The lowest BCUT2D eigenvalue weighted by Crippen LogP contribution is -2.54. The lowest BCUT2D eigenvalue weighted by Gasteiger charge is -2.40. The Morgan fingerprint density at radius 2 is 2.00 bits per heavy atom. The first-order valence-corrected chi connectivity index (χ1v) is 10.2. The van der Waals surface area contributed by atoms with Gasteiger partial charge in [0.2, 0.25) is 6.79 Å². The SMILES string of the molecule is O=C1NC[C@@]2(CCCNC2)c2[nH]c(-c3ccnc(-c4ccc5c(c4)OCO5)n3)cc21. The molecule has 1 aromatic carbocycles. The molecule has 5 heterocycles. The molecule has 8 nitrogen and oxygen atoms in total. The number of hydrogen-bond acceptors (Lipinski definition) is 6. The molecule has 3 aliphatic heterocycles. The van der Waals surface area contributed by atoms with Gasteiger partial charge in [0.25, 0.3) is 5.91 Å². The molecule has 2 aromatic heterocycles. The Morgan fingerprint density at radius 3 is 2.90 bits per heavy atom. The summed E-state index contributed by atoms with van der Waals surface area (Å²) in [5, 5.41) is 6.55. The summed E-state index contributed by atoms with van der Waals surface area (Å²) in [6.45, 7) is 2.75. The van der Waals surface area contributed by atoms with Crippen LogP contribution in [0.15, 0.2) is 36.5 Å². The van der Waals surface area contributed by atoms with Gasteiger partial charge >= 0.3 is 0 Å². The number of aromatic nitrogens is 3. The molecular formula is C22H21N5O3. The summed E-state index contributed by atoms with van der Waals surface area (Å²) in [5.41, 5.74) is 4.06. The third-order valence-corrected chi connectivity index (χ3v) is 6.21. The van der Waals surface area contributed by atoms with Crippen LogP contribution in [0.3, 0.4) is 0 Å². The van der Waals surface area contributed by atoms with Crippen LogP contribution in [0.5, 0.6) is 11.5 Å². The van der Waals surface area contributed by atoms with Crippen molar-refractivity contribution in [2.24, 2.45) is 0 Å². The Hall–Kier alpha value is -3.39. The van der Waals surface area contributed by atoms with Crippen molar-refractivity contribution in [3.8, 4) is 34.3 Å². The fraction of sp³-hybridized carbons (Fsp3) is 0.318. The molecule has 0 aliphatic carbocycles. The number of amides is 1. The number of carbonyl (C=O) groups is 1. The zero-order valence-corrected chi connectivity index (χ0v) is 16.3. The van der Waals surface area contributed by atoms with Crippen molar-refractivity contribution >= 4 is 5.91 Å². The molecule has 0 unspecified atom stereocenters. The van der Waals surface area contributed by atoms with Crippen LogP contribution in [0.25, 0.3) is 22.8 Å². The zero-order chi connectivity index (χ0) is 20.1. The molecule has 8 heteroatoms. The molecule has 1 fully saturated rings. The van der Waals surface area contributed by atoms with Gasteiger partial charge in [0.15, 0.2) is 17.3 Å². The van der Waals surface area contributed by atoms with Crippen molar-refractivity contribution < 1.29 is 14.3 Å². The molecule has 1 atom stereocenters. The molecule has 3 aromatic rings. The summed E-state index contributed by atoms with van der Waals surface area (Å²) >= 11 is 0. The number of H-pyrrole nitrogens is 1. The average molecular weight is 403 g/mol. The van der Waals surface area contributed by atoms with E-state index < -0.39 is 0 Å². The Balaban J connectivity index is 1.40. The fourth-order valence-electron chi connectivity index (χ4n) is 4.64. The Morgan fingerprint density at radius 1 is 1.07 bits per heavy atom. The maximum absolute atomic E-state index is 12.5. The third-order valence-electron chi connectivity index (χ3n) is 6.21. The largest absolute Gasteiger partial charge is 0.454 e. The van der Waals surface area contributed by atoms with E-state index in [0.29, 0.717) is 23.7 Å². The second-order valence-corrected chi connectivity index (χ2v) is 8.05. The molecule has 0 radical (unpaired) electrons. The first-order chi connectivity index (χ1) is 14.7. The number of fused-ring (bicyclic) bond motifs is 3. The second kappa shape index (κ2) is 6.56. The molecule has 3 aliphatic rings.